The summed E-state index contributed by atoms with van der Waals surface area (Å²) in [5.41, 5.74) is 17.3. The minimum atomic E-state index is -0.0625. The fourth-order valence-electron chi connectivity index (χ4n) is 8.84. The molecule has 0 unspecified atom stereocenters. The van der Waals surface area contributed by atoms with Crippen LogP contribution in [-0.2, 0) is 5.41 Å². The molecule has 0 radical (unpaired) electrons. The quantitative estimate of drug-likeness (QED) is 0.169. The van der Waals surface area contributed by atoms with Gasteiger partial charge in [-0.05, 0) is 104 Å². The molecular formula is C55H38N2S. The Morgan fingerprint density at radius 1 is 0.345 bits per heavy atom. The van der Waals surface area contributed by atoms with Crippen LogP contribution >= 0.6 is 11.3 Å². The van der Waals surface area contributed by atoms with Gasteiger partial charge in [0, 0.05) is 42.3 Å². The van der Waals surface area contributed by atoms with Gasteiger partial charge in [-0.1, -0.05) is 159 Å². The van der Waals surface area contributed by atoms with Crippen molar-refractivity contribution in [1.29, 1.82) is 0 Å². The van der Waals surface area contributed by atoms with E-state index in [0.29, 0.717) is 5.82 Å². The van der Waals surface area contributed by atoms with Crippen molar-refractivity contribution in [1.82, 2.24) is 9.97 Å². The topological polar surface area (TPSA) is 25.8 Å². The van der Waals surface area contributed by atoms with Gasteiger partial charge in [-0.3, -0.25) is 0 Å². The first-order chi connectivity index (χ1) is 28.5. The molecule has 1 aliphatic rings. The van der Waals surface area contributed by atoms with E-state index in [1.165, 1.54) is 59.1 Å². The summed E-state index contributed by atoms with van der Waals surface area (Å²) in [7, 11) is 0. The van der Waals surface area contributed by atoms with Gasteiger partial charge in [-0.25, -0.2) is 9.97 Å². The van der Waals surface area contributed by atoms with Crippen LogP contribution in [0, 0.1) is 0 Å². The normalized spacial score (nSPS) is 12.8. The number of hydrogen-bond acceptors (Lipinski definition) is 3. The van der Waals surface area contributed by atoms with Gasteiger partial charge in [-0.15, -0.1) is 11.3 Å². The zero-order valence-electron chi connectivity index (χ0n) is 32.3. The molecule has 8 aromatic carbocycles. The summed E-state index contributed by atoms with van der Waals surface area (Å²) in [5, 5.41) is 2.60. The standard InChI is InChI=1S/C55H38N2S/c1-55(2)48-22-11-9-20-44(48)45-26-24-39(32-49(45)55)37-18-13-19-38(28-37)41-29-42(40-25-27-47-46-21-10-12-23-52(46)58-53(47)33-40)31-43(30-41)51-34-50(35-14-5-3-6-15-35)56-54(57-51)36-16-7-4-8-17-36/h3-34H,1-2H3. The first-order valence-corrected chi connectivity index (χ1v) is 20.7. The smallest absolute Gasteiger partial charge is 0.160 e. The molecule has 0 N–H and O–H groups in total. The van der Waals surface area contributed by atoms with Crippen LogP contribution in [0.5, 0.6) is 0 Å². The van der Waals surface area contributed by atoms with E-state index in [4.69, 9.17) is 9.97 Å². The largest absolute Gasteiger partial charge is 0.228 e. The van der Waals surface area contributed by atoms with Crippen molar-refractivity contribution in [2.75, 3.05) is 0 Å². The minimum absolute atomic E-state index is 0.0625. The monoisotopic (exact) mass is 758 g/mol. The fourth-order valence-corrected chi connectivity index (χ4v) is 9.99. The van der Waals surface area contributed by atoms with Crippen LogP contribution in [0.1, 0.15) is 25.0 Å². The van der Waals surface area contributed by atoms with Gasteiger partial charge in [-0.2, -0.15) is 0 Å². The SMILES string of the molecule is CC1(C)c2ccccc2-c2ccc(-c3cccc(-c4cc(-c5ccc6c(c5)sc5ccccc56)cc(-c5cc(-c6ccccc6)nc(-c6ccccc6)n5)c4)c3)cc21. The molecule has 0 amide bonds. The molecule has 0 saturated carbocycles. The Bertz CT molecular complexity index is 3140. The number of benzene rings is 8. The second-order valence-corrected chi connectivity index (χ2v) is 16.9. The van der Waals surface area contributed by atoms with Crippen molar-refractivity contribution < 1.29 is 0 Å². The predicted molar refractivity (Wildman–Crippen MR) is 245 cm³/mol. The minimum Gasteiger partial charge on any atom is -0.228 e. The van der Waals surface area contributed by atoms with Gasteiger partial charge in [0.2, 0.25) is 0 Å². The zero-order chi connectivity index (χ0) is 38.8. The Balaban J connectivity index is 1.08. The maximum absolute atomic E-state index is 5.27. The molecule has 10 aromatic rings. The molecule has 2 heterocycles. The molecule has 0 atom stereocenters. The van der Waals surface area contributed by atoms with Gasteiger partial charge in [0.25, 0.3) is 0 Å². The highest BCUT2D eigenvalue weighted by Gasteiger charge is 2.35. The molecule has 3 heteroatoms. The van der Waals surface area contributed by atoms with Gasteiger partial charge >= 0.3 is 0 Å². The summed E-state index contributed by atoms with van der Waals surface area (Å²) in [5.74, 6) is 0.708. The molecular weight excluding hydrogens is 721 g/mol. The molecule has 0 aliphatic heterocycles. The van der Waals surface area contributed by atoms with Crippen LogP contribution < -0.4 is 0 Å². The molecule has 274 valence electrons. The van der Waals surface area contributed by atoms with Crippen molar-refractivity contribution in [3.05, 3.63) is 205 Å². The van der Waals surface area contributed by atoms with E-state index in [0.717, 1.165) is 44.8 Å². The second kappa shape index (κ2) is 13.6. The van der Waals surface area contributed by atoms with Gasteiger partial charge in [0.15, 0.2) is 5.82 Å². The highest BCUT2D eigenvalue weighted by atomic mass is 32.1. The number of rotatable bonds is 6. The Labute approximate surface area is 342 Å². The lowest BCUT2D eigenvalue weighted by molar-refractivity contribution is 0.660. The van der Waals surface area contributed by atoms with Crippen LogP contribution in [0.3, 0.4) is 0 Å². The Hall–Kier alpha value is -6.94. The predicted octanol–water partition coefficient (Wildman–Crippen LogP) is 15.2. The van der Waals surface area contributed by atoms with Gasteiger partial charge in [0.1, 0.15) is 0 Å². The van der Waals surface area contributed by atoms with Gasteiger partial charge in [0.05, 0.1) is 11.4 Å². The van der Waals surface area contributed by atoms with Crippen molar-refractivity contribution >= 4 is 31.5 Å². The Morgan fingerprint density at radius 3 is 1.67 bits per heavy atom. The summed E-state index contributed by atoms with van der Waals surface area (Å²) in [6.45, 7) is 4.70. The van der Waals surface area contributed by atoms with E-state index in [1.807, 2.05) is 35.6 Å². The average Bonchev–Trinajstić information content (AvgIpc) is 3.77. The Kier molecular flexibility index (Phi) is 8.06. The lowest BCUT2D eigenvalue weighted by atomic mass is 9.81. The van der Waals surface area contributed by atoms with Crippen molar-refractivity contribution in [3.8, 4) is 78.4 Å². The van der Waals surface area contributed by atoms with Crippen molar-refractivity contribution in [2.24, 2.45) is 0 Å². The molecule has 0 spiro atoms. The number of aromatic nitrogens is 2. The molecule has 0 fully saturated rings. The van der Waals surface area contributed by atoms with Crippen LogP contribution in [-0.4, -0.2) is 9.97 Å². The molecule has 11 rings (SSSR count). The van der Waals surface area contributed by atoms with Crippen molar-refractivity contribution in [2.45, 2.75) is 19.3 Å². The lowest BCUT2D eigenvalue weighted by Crippen LogP contribution is -2.14. The maximum atomic E-state index is 5.27. The van der Waals surface area contributed by atoms with Gasteiger partial charge < -0.3 is 0 Å². The maximum Gasteiger partial charge on any atom is 0.160 e. The highest BCUT2D eigenvalue weighted by molar-refractivity contribution is 7.25. The number of nitrogens with zero attached hydrogens (tertiary/aromatic N) is 2. The lowest BCUT2D eigenvalue weighted by Gasteiger charge is -2.22. The van der Waals surface area contributed by atoms with Crippen molar-refractivity contribution in [3.63, 3.8) is 0 Å². The van der Waals surface area contributed by atoms with Crippen LogP contribution in [0.2, 0.25) is 0 Å². The van der Waals surface area contributed by atoms with E-state index < -0.39 is 0 Å². The molecule has 0 bridgehead atoms. The van der Waals surface area contributed by atoms with E-state index in [1.54, 1.807) is 0 Å². The molecule has 58 heavy (non-hydrogen) atoms. The summed E-state index contributed by atoms with van der Waals surface area (Å²) >= 11 is 1.85. The second-order valence-electron chi connectivity index (χ2n) is 15.8. The van der Waals surface area contributed by atoms with E-state index >= 15 is 0 Å². The number of thiophene rings is 1. The third-order valence-corrected chi connectivity index (χ3v) is 13.0. The highest BCUT2D eigenvalue weighted by Crippen LogP contribution is 2.49. The third-order valence-electron chi connectivity index (χ3n) is 11.9. The first-order valence-electron chi connectivity index (χ1n) is 19.9. The molecule has 0 saturated heterocycles. The summed E-state index contributed by atoms with van der Waals surface area (Å²) in [6.07, 6.45) is 0. The zero-order valence-corrected chi connectivity index (χ0v) is 33.1. The van der Waals surface area contributed by atoms with E-state index in [-0.39, 0.29) is 5.41 Å². The summed E-state index contributed by atoms with van der Waals surface area (Å²) in [6, 6.07) is 70.3. The summed E-state index contributed by atoms with van der Waals surface area (Å²) < 4.78 is 2.59. The number of fused-ring (bicyclic) bond motifs is 6. The number of hydrogen-bond donors (Lipinski definition) is 0. The summed E-state index contributed by atoms with van der Waals surface area (Å²) in [4.78, 5) is 10.4. The van der Waals surface area contributed by atoms with Crippen LogP contribution in [0.15, 0.2) is 194 Å². The van der Waals surface area contributed by atoms with E-state index in [9.17, 15) is 0 Å². The fraction of sp³-hybridized carbons (Fsp3) is 0.0545. The molecule has 1 aliphatic carbocycles. The first kappa shape index (κ1) is 34.3. The molecule has 2 aromatic heterocycles. The van der Waals surface area contributed by atoms with E-state index in [2.05, 4.69) is 184 Å². The Morgan fingerprint density at radius 2 is 0.879 bits per heavy atom. The molecule has 2 nitrogen and oxygen atoms in total. The third kappa shape index (κ3) is 5.86. The van der Waals surface area contributed by atoms with Crippen LogP contribution in [0.25, 0.3) is 98.6 Å². The van der Waals surface area contributed by atoms with Crippen LogP contribution in [0.4, 0.5) is 0 Å². The average molecular weight is 759 g/mol.